The smallest absolute Gasteiger partial charge is 0.343 e. The molecule has 1 amide bonds. The molecule has 29 heavy (non-hydrogen) atoms. The fourth-order valence-corrected chi connectivity index (χ4v) is 4.21. The summed E-state index contributed by atoms with van der Waals surface area (Å²) in [6, 6.07) is 9.92. The lowest BCUT2D eigenvalue weighted by Crippen LogP contribution is -2.41. The van der Waals surface area contributed by atoms with Crippen molar-refractivity contribution in [2.75, 3.05) is 25.4 Å². The lowest BCUT2D eigenvalue weighted by molar-refractivity contribution is -0.151. The number of hydrogen-bond donors (Lipinski definition) is 1. The van der Waals surface area contributed by atoms with E-state index in [1.807, 2.05) is 30.3 Å². The molecule has 1 fully saturated rings. The third kappa shape index (κ3) is 5.72. The second kappa shape index (κ2) is 10.3. The lowest BCUT2D eigenvalue weighted by Gasteiger charge is -2.30. The Bertz CT molecular complexity index is 872. The van der Waals surface area contributed by atoms with Crippen molar-refractivity contribution in [1.29, 1.82) is 0 Å². The van der Waals surface area contributed by atoms with Crippen LogP contribution in [-0.2, 0) is 27.3 Å². The number of thioether (sulfide) groups is 1. The minimum Gasteiger partial charge on any atom is -0.466 e. The van der Waals surface area contributed by atoms with Crippen LogP contribution in [0.1, 0.15) is 25.3 Å². The molecule has 2 heterocycles. The summed E-state index contributed by atoms with van der Waals surface area (Å²) in [6.07, 6.45) is 1.96. The molecule has 9 heteroatoms. The van der Waals surface area contributed by atoms with Crippen LogP contribution in [-0.4, -0.2) is 57.0 Å². The summed E-state index contributed by atoms with van der Waals surface area (Å²) in [6.45, 7) is 3.77. The maximum atomic E-state index is 12.5. The molecule has 1 aliphatic rings. The zero-order chi connectivity index (χ0) is 20.6. The summed E-state index contributed by atoms with van der Waals surface area (Å²) in [7, 11) is 0. The molecular formula is C20H26N4O4S. The number of nitrogens with zero attached hydrogens (tertiary/aromatic N) is 3. The van der Waals surface area contributed by atoms with E-state index in [-0.39, 0.29) is 29.2 Å². The van der Waals surface area contributed by atoms with Crippen LogP contribution < -0.4 is 5.69 Å². The van der Waals surface area contributed by atoms with Crippen LogP contribution in [0, 0.1) is 5.92 Å². The monoisotopic (exact) mass is 418 g/mol. The van der Waals surface area contributed by atoms with Crippen molar-refractivity contribution < 1.29 is 14.3 Å². The standard InChI is InChI=1S/C20H26N4O4S/c1-2-28-18(26)16-9-11-23(12-10-16)17(25)14-29-20-22-21-19(27)24(20)13-8-15-6-4-3-5-7-15/h3-7,16H,2,8-14H2,1H3,(H,21,27). The number of likely N-dealkylation sites (tertiary alicyclic amines) is 1. The second-order valence-corrected chi connectivity index (χ2v) is 7.84. The molecule has 0 spiro atoms. The van der Waals surface area contributed by atoms with E-state index in [1.165, 1.54) is 11.8 Å². The van der Waals surface area contributed by atoms with E-state index >= 15 is 0 Å². The molecule has 0 atom stereocenters. The molecule has 8 nitrogen and oxygen atoms in total. The van der Waals surface area contributed by atoms with Crippen molar-refractivity contribution in [3.63, 3.8) is 0 Å². The highest BCUT2D eigenvalue weighted by molar-refractivity contribution is 7.99. The fraction of sp³-hybridized carbons (Fsp3) is 0.500. The quantitative estimate of drug-likeness (QED) is 0.518. The number of aromatic amines is 1. The number of amides is 1. The minimum absolute atomic E-state index is 0.0117. The largest absolute Gasteiger partial charge is 0.466 e. The molecule has 1 N–H and O–H groups in total. The maximum absolute atomic E-state index is 12.5. The molecule has 2 aromatic rings. The van der Waals surface area contributed by atoms with Crippen LogP contribution in [0.25, 0.3) is 0 Å². The van der Waals surface area contributed by atoms with Gasteiger partial charge in [0.25, 0.3) is 0 Å². The number of benzene rings is 1. The Kier molecular flexibility index (Phi) is 7.51. The number of aromatic nitrogens is 3. The minimum atomic E-state index is -0.272. The average molecular weight is 419 g/mol. The van der Waals surface area contributed by atoms with Gasteiger partial charge in [-0.25, -0.2) is 9.89 Å². The number of aryl methyl sites for hydroxylation is 1. The SMILES string of the molecule is CCOC(=O)C1CCN(C(=O)CSc2n[nH]c(=O)n2CCc2ccccc2)CC1. The molecule has 1 saturated heterocycles. The Balaban J connectivity index is 1.49. The maximum Gasteiger partial charge on any atom is 0.343 e. The van der Waals surface area contributed by atoms with Gasteiger partial charge in [0.2, 0.25) is 5.91 Å². The van der Waals surface area contributed by atoms with E-state index in [1.54, 1.807) is 16.4 Å². The van der Waals surface area contributed by atoms with Crippen LogP contribution in [0.5, 0.6) is 0 Å². The first-order valence-electron chi connectivity index (χ1n) is 9.84. The third-order valence-corrected chi connectivity index (χ3v) is 5.94. The highest BCUT2D eigenvalue weighted by Gasteiger charge is 2.28. The highest BCUT2D eigenvalue weighted by atomic mass is 32.2. The molecular weight excluding hydrogens is 392 g/mol. The fourth-order valence-electron chi connectivity index (χ4n) is 3.34. The summed E-state index contributed by atoms with van der Waals surface area (Å²) >= 11 is 1.26. The van der Waals surface area contributed by atoms with Gasteiger partial charge in [-0.15, -0.1) is 5.10 Å². The van der Waals surface area contributed by atoms with E-state index in [2.05, 4.69) is 10.2 Å². The second-order valence-electron chi connectivity index (χ2n) is 6.89. The van der Waals surface area contributed by atoms with E-state index in [0.717, 1.165) is 5.56 Å². The summed E-state index contributed by atoms with van der Waals surface area (Å²) in [5.41, 5.74) is 0.864. The van der Waals surface area contributed by atoms with Crippen molar-refractivity contribution in [1.82, 2.24) is 19.7 Å². The van der Waals surface area contributed by atoms with Crippen molar-refractivity contribution >= 4 is 23.6 Å². The van der Waals surface area contributed by atoms with E-state index in [0.29, 0.717) is 50.7 Å². The normalized spacial score (nSPS) is 14.7. The van der Waals surface area contributed by atoms with Crippen LogP contribution in [0.2, 0.25) is 0 Å². The van der Waals surface area contributed by atoms with Gasteiger partial charge in [-0.1, -0.05) is 42.1 Å². The third-order valence-electron chi connectivity index (χ3n) is 4.98. The van der Waals surface area contributed by atoms with Gasteiger partial charge in [0, 0.05) is 19.6 Å². The average Bonchev–Trinajstić information content (AvgIpc) is 3.11. The predicted octanol–water partition coefficient (Wildman–Crippen LogP) is 1.71. The summed E-state index contributed by atoms with van der Waals surface area (Å²) in [5, 5.41) is 7.04. The Morgan fingerprint density at radius 2 is 1.97 bits per heavy atom. The first kappa shape index (κ1) is 21.2. The van der Waals surface area contributed by atoms with Crippen molar-refractivity contribution in [2.24, 2.45) is 5.92 Å². The predicted molar refractivity (Wildman–Crippen MR) is 110 cm³/mol. The highest BCUT2D eigenvalue weighted by Crippen LogP contribution is 2.21. The molecule has 1 aromatic carbocycles. The number of hydrogen-bond acceptors (Lipinski definition) is 6. The van der Waals surface area contributed by atoms with E-state index in [4.69, 9.17) is 4.74 Å². The lowest BCUT2D eigenvalue weighted by atomic mass is 9.97. The van der Waals surface area contributed by atoms with Gasteiger partial charge in [0.1, 0.15) is 0 Å². The van der Waals surface area contributed by atoms with Crippen LogP contribution >= 0.6 is 11.8 Å². The van der Waals surface area contributed by atoms with Gasteiger partial charge < -0.3 is 9.64 Å². The number of carbonyl (C=O) groups excluding carboxylic acids is 2. The van der Waals surface area contributed by atoms with Crippen molar-refractivity contribution in [3.8, 4) is 0 Å². The zero-order valence-electron chi connectivity index (χ0n) is 16.5. The van der Waals surface area contributed by atoms with Crippen LogP contribution in [0.3, 0.4) is 0 Å². The van der Waals surface area contributed by atoms with Gasteiger partial charge in [-0.05, 0) is 31.7 Å². The number of ether oxygens (including phenoxy) is 1. The molecule has 0 aliphatic carbocycles. The number of nitrogens with one attached hydrogen (secondary N) is 1. The zero-order valence-corrected chi connectivity index (χ0v) is 17.3. The number of esters is 1. The number of rotatable bonds is 8. The van der Waals surface area contributed by atoms with Crippen LogP contribution in [0.4, 0.5) is 0 Å². The van der Waals surface area contributed by atoms with E-state index < -0.39 is 0 Å². The molecule has 1 aromatic heterocycles. The van der Waals surface area contributed by atoms with Gasteiger partial charge in [-0.2, -0.15) is 0 Å². The molecule has 156 valence electrons. The molecule has 0 unspecified atom stereocenters. The first-order valence-corrected chi connectivity index (χ1v) is 10.8. The summed E-state index contributed by atoms with van der Waals surface area (Å²) in [4.78, 5) is 38.2. The number of carbonyl (C=O) groups is 2. The molecule has 0 saturated carbocycles. The summed E-state index contributed by atoms with van der Waals surface area (Å²) < 4.78 is 6.63. The van der Waals surface area contributed by atoms with Gasteiger partial charge >= 0.3 is 11.7 Å². The molecule has 1 aliphatic heterocycles. The van der Waals surface area contributed by atoms with Gasteiger partial charge in [0.05, 0.1) is 18.3 Å². The Hall–Kier alpha value is -2.55. The van der Waals surface area contributed by atoms with Gasteiger partial charge in [-0.3, -0.25) is 14.2 Å². The summed E-state index contributed by atoms with van der Waals surface area (Å²) in [5.74, 6) is -0.101. The topological polar surface area (TPSA) is 97.3 Å². The first-order chi connectivity index (χ1) is 14.1. The van der Waals surface area contributed by atoms with Crippen LogP contribution in [0.15, 0.2) is 40.3 Å². The Morgan fingerprint density at radius 3 is 2.66 bits per heavy atom. The molecule has 3 rings (SSSR count). The molecule has 0 bridgehead atoms. The van der Waals surface area contributed by atoms with Crippen molar-refractivity contribution in [2.45, 2.75) is 37.9 Å². The Morgan fingerprint density at radius 1 is 1.24 bits per heavy atom. The number of piperidine rings is 1. The van der Waals surface area contributed by atoms with E-state index in [9.17, 15) is 14.4 Å². The molecule has 0 radical (unpaired) electrons. The Labute approximate surface area is 173 Å². The van der Waals surface area contributed by atoms with Crippen molar-refractivity contribution in [3.05, 3.63) is 46.4 Å². The van der Waals surface area contributed by atoms with Gasteiger partial charge in [0.15, 0.2) is 5.16 Å². The number of H-pyrrole nitrogens is 1.